The highest BCUT2D eigenvalue weighted by molar-refractivity contribution is 5.36. The fourth-order valence-corrected chi connectivity index (χ4v) is 1.82. The molecule has 2 atom stereocenters. The van der Waals surface area contributed by atoms with Gasteiger partial charge in [0.1, 0.15) is 18.5 Å². The zero-order chi connectivity index (χ0) is 14.8. The number of ether oxygens (including phenoxy) is 1. The zero-order valence-electron chi connectivity index (χ0n) is 11.7. The van der Waals surface area contributed by atoms with Crippen LogP contribution in [-0.4, -0.2) is 42.1 Å². The van der Waals surface area contributed by atoms with E-state index < -0.39 is 6.10 Å². The van der Waals surface area contributed by atoms with E-state index in [0.717, 1.165) is 6.42 Å². The summed E-state index contributed by atoms with van der Waals surface area (Å²) in [5.74, 6) is 0.575. The molecule has 110 valence electrons. The third-order valence-corrected chi connectivity index (χ3v) is 3.02. The van der Waals surface area contributed by atoms with Gasteiger partial charge < -0.3 is 20.3 Å². The normalized spacial score (nSPS) is 13.5. The Morgan fingerprint density at radius 1 is 1.45 bits per heavy atom. The molecule has 0 amide bonds. The number of hydrogen-bond donors (Lipinski definition) is 3. The average Bonchev–Trinajstić information content (AvgIpc) is 2.49. The molecule has 5 nitrogen and oxygen atoms in total. The molecule has 0 aliphatic heterocycles. The molecule has 3 N–H and O–H groups in total. The van der Waals surface area contributed by atoms with Crippen LogP contribution in [0.4, 0.5) is 0 Å². The second kappa shape index (κ2) is 9.32. The van der Waals surface area contributed by atoms with Gasteiger partial charge in [-0.25, -0.2) is 0 Å². The molecule has 20 heavy (non-hydrogen) atoms. The van der Waals surface area contributed by atoms with Gasteiger partial charge in [-0.3, -0.25) is 0 Å². The van der Waals surface area contributed by atoms with Gasteiger partial charge in [0.2, 0.25) is 0 Å². The summed E-state index contributed by atoms with van der Waals surface area (Å²) in [5, 5.41) is 30.7. The second-order valence-electron chi connectivity index (χ2n) is 4.63. The SMILES string of the molecule is CCC(CCO)NCC(O)COc1cccc(C#N)c1. The number of aliphatic hydroxyl groups is 2. The lowest BCUT2D eigenvalue weighted by atomic mass is 10.1. The quantitative estimate of drug-likeness (QED) is 0.628. The first-order chi connectivity index (χ1) is 9.69. The van der Waals surface area contributed by atoms with Crippen molar-refractivity contribution in [2.75, 3.05) is 19.8 Å². The molecule has 0 saturated carbocycles. The van der Waals surface area contributed by atoms with Gasteiger partial charge in [0.25, 0.3) is 0 Å². The summed E-state index contributed by atoms with van der Waals surface area (Å²) in [5.41, 5.74) is 0.532. The molecule has 0 aromatic heterocycles. The van der Waals surface area contributed by atoms with Crippen molar-refractivity contribution >= 4 is 0 Å². The molecule has 0 spiro atoms. The standard InChI is InChI=1S/C15H22N2O3/c1-2-13(6-7-18)17-10-14(19)11-20-15-5-3-4-12(8-15)9-16/h3-5,8,13-14,17-19H,2,6-7,10-11H2,1H3. The maximum atomic E-state index is 9.83. The van der Waals surface area contributed by atoms with Gasteiger partial charge in [0.15, 0.2) is 0 Å². The van der Waals surface area contributed by atoms with Crippen molar-refractivity contribution in [2.45, 2.75) is 31.9 Å². The maximum absolute atomic E-state index is 9.83. The number of benzene rings is 1. The Balaban J connectivity index is 2.32. The predicted octanol–water partition coefficient (Wildman–Crippen LogP) is 1.05. The maximum Gasteiger partial charge on any atom is 0.120 e. The van der Waals surface area contributed by atoms with Gasteiger partial charge in [-0.15, -0.1) is 0 Å². The molecular weight excluding hydrogens is 256 g/mol. The molecule has 1 aromatic carbocycles. The highest BCUT2D eigenvalue weighted by Gasteiger charge is 2.09. The Morgan fingerprint density at radius 2 is 2.25 bits per heavy atom. The number of nitrogens with one attached hydrogen (secondary N) is 1. The van der Waals surface area contributed by atoms with Crippen LogP contribution in [0.15, 0.2) is 24.3 Å². The third-order valence-electron chi connectivity index (χ3n) is 3.02. The minimum absolute atomic E-state index is 0.138. The molecular formula is C15H22N2O3. The van der Waals surface area contributed by atoms with Crippen LogP contribution in [0.2, 0.25) is 0 Å². The van der Waals surface area contributed by atoms with E-state index in [1.165, 1.54) is 0 Å². The summed E-state index contributed by atoms with van der Waals surface area (Å²) < 4.78 is 5.45. The van der Waals surface area contributed by atoms with E-state index in [2.05, 4.69) is 5.32 Å². The lowest BCUT2D eigenvalue weighted by Gasteiger charge is -2.19. The van der Waals surface area contributed by atoms with Gasteiger partial charge in [0, 0.05) is 19.2 Å². The predicted molar refractivity (Wildman–Crippen MR) is 76.4 cm³/mol. The molecule has 2 unspecified atom stereocenters. The van der Waals surface area contributed by atoms with Crippen molar-refractivity contribution in [3.8, 4) is 11.8 Å². The molecule has 0 fully saturated rings. The number of aliphatic hydroxyl groups excluding tert-OH is 2. The molecule has 1 rings (SSSR count). The number of hydrogen-bond acceptors (Lipinski definition) is 5. The van der Waals surface area contributed by atoms with E-state index in [1.807, 2.05) is 13.0 Å². The zero-order valence-corrected chi connectivity index (χ0v) is 11.7. The number of nitrogens with zero attached hydrogens (tertiary/aromatic N) is 1. The van der Waals surface area contributed by atoms with Gasteiger partial charge >= 0.3 is 0 Å². The largest absolute Gasteiger partial charge is 0.491 e. The highest BCUT2D eigenvalue weighted by Crippen LogP contribution is 2.12. The summed E-state index contributed by atoms with van der Waals surface area (Å²) in [7, 11) is 0. The van der Waals surface area contributed by atoms with E-state index >= 15 is 0 Å². The van der Waals surface area contributed by atoms with E-state index in [0.29, 0.717) is 24.3 Å². The van der Waals surface area contributed by atoms with Crippen LogP contribution >= 0.6 is 0 Å². The molecule has 0 aliphatic rings. The van der Waals surface area contributed by atoms with Gasteiger partial charge in [-0.2, -0.15) is 5.26 Å². The number of rotatable bonds is 9. The lowest BCUT2D eigenvalue weighted by Crippen LogP contribution is -2.38. The first kappa shape index (κ1) is 16.4. The van der Waals surface area contributed by atoms with Crippen LogP contribution in [0.3, 0.4) is 0 Å². The van der Waals surface area contributed by atoms with E-state index in [-0.39, 0.29) is 19.3 Å². The molecule has 0 radical (unpaired) electrons. The van der Waals surface area contributed by atoms with Crippen molar-refractivity contribution in [2.24, 2.45) is 0 Å². The highest BCUT2D eigenvalue weighted by atomic mass is 16.5. The minimum Gasteiger partial charge on any atom is -0.491 e. The third kappa shape index (κ3) is 6.02. The first-order valence-electron chi connectivity index (χ1n) is 6.84. The van der Waals surface area contributed by atoms with Crippen LogP contribution in [0.5, 0.6) is 5.75 Å². The van der Waals surface area contributed by atoms with Crippen LogP contribution in [0, 0.1) is 11.3 Å². The van der Waals surface area contributed by atoms with E-state index in [1.54, 1.807) is 24.3 Å². The summed E-state index contributed by atoms with van der Waals surface area (Å²) in [6.45, 7) is 2.75. The van der Waals surface area contributed by atoms with Gasteiger partial charge in [-0.05, 0) is 31.0 Å². The second-order valence-corrected chi connectivity index (χ2v) is 4.63. The molecule has 5 heteroatoms. The van der Waals surface area contributed by atoms with Crippen molar-refractivity contribution in [3.05, 3.63) is 29.8 Å². The number of nitriles is 1. The van der Waals surface area contributed by atoms with Crippen LogP contribution < -0.4 is 10.1 Å². The van der Waals surface area contributed by atoms with Crippen LogP contribution in [-0.2, 0) is 0 Å². The molecule has 0 bridgehead atoms. The van der Waals surface area contributed by atoms with Gasteiger partial charge in [-0.1, -0.05) is 13.0 Å². The summed E-state index contributed by atoms with van der Waals surface area (Å²) in [6.07, 6.45) is 0.945. The Labute approximate surface area is 119 Å². The van der Waals surface area contributed by atoms with Crippen molar-refractivity contribution in [3.63, 3.8) is 0 Å². The van der Waals surface area contributed by atoms with Crippen LogP contribution in [0.1, 0.15) is 25.3 Å². The van der Waals surface area contributed by atoms with E-state index in [4.69, 9.17) is 15.1 Å². The minimum atomic E-state index is -0.631. The smallest absolute Gasteiger partial charge is 0.120 e. The lowest BCUT2D eigenvalue weighted by molar-refractivity contribution is 0.102. The Bertz CT molecular complexity index is 431. The molecule has 0 aliphatic carbocycles. The van der Waals surface area contributed by atoms with Crippen molar-refractivity contribution in [1.29, 1.82) is 5.26 Å². The molecule has 0 saturated heterocycles. The first-order valence-corrected chi connectivity index (χ1v) is 6.84. The summed E-state index contributed by atoms with van der Waals surface area (Å²) in [4.78, 5) is 0. The van der Waals surface area contributed by atoms with Crippen molar-refractivity contribution in [1.82, 2.24) is 5.32 Å². The topological polar surface area (TPSA) is 85.5 Å². The average molecular weight is 278 g/mol. The van der Waals surface area contributed by atoms with Crippen molar-refractivity contribution < 1.29 is 14.9 Å². The Morgan fingerprint density at radius 3 is 2.90 bits per heavy atom. The molecule has 0 heterocycles. The van der Waals surface area contributed by atoms with Gasteiger partial charge in [0.05, 0.1) is 11.6 Å². The Kier molecular flexibility index (Phi) is 7.66. The van der Waals surface area contributed by atoms with E-state index in [9.17, 15) is 5.11 Å². The fraction of sp³-hybridized carbons (Fsp3) is 0.533. The van der Waals surface area contributed by atoms with Crippen LogP contribution in [0.25, 0.3) is 0 Å². The fourth-order valence-electron chi connectivity index (χ4n) is 1.82. The Hall–Kier alpha value is -1.61. The monoisotopic (exact) mass is 278 g/mol. The molecule has 1 aromatic rings. The summed E-state index contributed by atoms with van der Waals surface area (Å²) in [6, 6.07) is 9.08. The summed E-state index contributed by atoms with van der Waals surface area (Å²) >= 11 is 0.